The van der Waals surface area contributed by atoms with Gasteiger partial charge in [0.15, 0.2) is 6.10 Å². The number of quaternary nitrogens is 1. The maximum atomic E-state index is 12.9. The zero-order valence-electron chi connectivity index (χ0n) is 57.3. The first-order chi connectivity index (χ1) is 44.0. The summed E-state index contributed by atoms with van der Waals surface area (Å²) in [5.41, 5.74) is 0. The van der Waals surface area contributed by atoms with E-state index in [1.807, 2.05) is 21.1 Å². The number of carbonyl (C=O) groups is 2. The Balaban J connectivity index is 4.23. The van der Waals surface area contributed by atoms with E-state index in [9.17, 15) is 19.0 Å². The van der Waals surface area contributed by atoms with Crippen LogP contribution in [0, 0.1) is 0 Å². The molecule has 0 rings (SSSR count). The number of carbonyl (C=O) groups excluding carboxylic acids is 2. The van der Waals surface area contributed by atoms with Gasteiger partial charge in [-0.15, -0.1) is 0 Å². The summed E-state index contributed by atoms with van der Waals surface area (Å²) in [7, 11) is 1.42. The van der Waals surface area contributed by atoms with E-state index in [4.69, 9.17) is 18.5 Å². The number of allylic oxidation sites excluding steroid dienone is 34. The number of nitrogens with zero attached hydrogens (tertiary/aromatic N) is 1. The Morgan fingerprint density at radius 2 is 0.600 bits per heavy atom. The van der Waals surface area contributed by atoms with Gasteiger partial charge in [-0.3, -0.25) is 18.6 Å². The van der Waals surface area contributed by atoms with Crippen LogP contribution in [0.1, 0.15) is 232 Å². The van der Waals surface area contributed by atoms with E-state index in [-0.39, 0.29) is 26.1 Å². The number of phosphoric acid groups is 1. The second-order valence-corrected chi connectivity index (χ2v) is 24.9. The average Bonchev–Trinajstić information content (AvgIpc) is 3.58. The molecule has 2 unspecified atom stereocenters. The van der Waals surface area contributed by atoms with Gasteiger partial charge in [-0.2, -0.15) is 0 Å². The second kappa shape index (κ2) is 68.0. The predicted octanol–water partition coefficient (Wildman–Crippen LogP) is 23.0. The van der Waals surface area contributed by atoms with E-state index in [0.29, 0.717) is 17.4 Å². The fourth-order valence-electron chi connectivity index (χ4n) is 8.55. The summed E-state index contributed by atoms with van der Waals surface area (Å²) in [5, 5.41) is 0. The van der Waals surface area contributed by atoms with Gasteiger partial charge < -0.3 is 18.9 Å². The first-order valence-electron chi connectivity index (χ1n) is 34.8. The number of hydrogen-bond donors (Lipinski definition) is 1. The van der Waals surface area contributed by atoms with E-state index in [1.54, 1.807) is 0 Å². The monoisotopic (exact) mass is 1260 g/mol. The maximum absolute atomic E-state index is 12.9. The second-order valence-electron chi connectivity index (χ2n) is 23.4. The quantitative estimate of drug-likeness (QED) is 0.0211. The van der Waals surface area contributed by atoms with Crippen molar-refractivity contribution in [3.05, 3.63) is 207 Å². The molecule has 90 heavy (non-hydrogen) atoms. The standard InChI is InChI=1S/C80H126NO8P/c1-6-8-10-12-14-16-18-20-22-24-26-28-30-32-34-36-38-40-42-44-46-48-50-52-54-56-58-60-62-64-66-68-70-72-79(82)86-76-78(77-88-90(84,85)87-75-74-81(3,4)5)89-80(83)73-71-69-67-65-63-61-59-57-55-53-51-49-47-45-43-41-39-37-35-33-31-29-27-25-23-21-19-17-15-13-11-9-7-2/h8-11,14-17,20-23,26-29,32-35,38-41,44-47,51,53,57,59,63,65,78H,6-7,12-13,18-19,24-25,30-31,36-37,42-43,48-50,52,54-56,58,60-62,64,66-77H2,1-5H3/p+1/b10-8-,11-9-,16-14-,17-15-,22-20-,23-21-,28-26-,29-27-,34-32-,35-33-,40-38-,41-39-,46-44-,47-45-,53-51-,59-57-,65-63-. The fraction of sp³-hybridized carbons (Fsp3) is 0.550. The normalized spacial score (nSPS) is 14.4. The van der Waals surface area contributed by atoms with Gasteiger partial charge in [0.2, 0.25) is 0 Å². The molecule has 2 atom stereocenters. The van der Waals surface area contributed by atoms with Crippen molar-refractivity contribution in [2.24, 2.45) is 0 Å². The number of esters is 2. The summed E-state index contributed by atoms with van der Waals surface area (Å²) in [5.74, 6) is -0.868. The fourth-order valence-corrected chi connectivity index (χ4v) is 9.29. The Bertz CT molecular complexity index is 2270. The van der Waals surface area contributed by atoms with Gasteiger partial charge >= 0.3 is 19.8 Å². The molecule has 0 aliphatic carbocycles. The zero-order valence-corrected chi connectivity index (χ0v) is 58.2. The molecule has 0 radical (unpaired) electrons. The average molecular weight is 1260 g/mol. The molecule has 0 aromatic heterocycles. The maximum Gasteiger partial charge on any atom is 0.472 e. The van der Waals surface area contributed by atoms with Crippen molar-refractivity contribution in [1.82, 2.24) is 0 Å². The summed E-state index contributed by atoms with van der Waals surface area (Å²) in [6, 6.07) is 0. The third-order valence-electron chi connectivity index (χ3n) is 13.8. The summed E-state index contributed by atoms with van der Waals surface area (Å²) in [6.45, 7) is 4.12. The molecule has 0 fully saturated rings. The zero-order chi connectivity index (χ0) is 65.5. The van der Waals surface area contributed by atoms with Gasteiger partial charge in [-0.1, -0.05) is 278 Å². The molecule has 10 heteroatoms. The van der Waals surface area contributed by atoms with Gasteiger partial charge in [0.1, 0.15) is 19.8 Å². The largest absolute Gasteiger partial charge is 0.472 e. The molecule has 0 amide bonds. The van der Waals surface area contributed by atoms with Crippen LogP contribution < -0.4 is 0 Å². The minimum Gasteiger partial charge on any atom is -0.462 e. The highest BCUT2D eigenvalue weighted by Crippen LogP contribution is 2.43. The van der Waals surface area contributed by atoms with E-state index in [0.717, 1.165) is 154 Å². The van der Waals surface area contributed by atoms with Crippen LogP contribution in [0.25, 0.3) is 0 Å². The van der Waals surface area contributed by atoms with Crippen molar-refractivity contribution in [2.45, 2.75) is 238 Å². The lowest BCUT2D eigenvalue weighted by molar-refractivity contribution is -0.870. The Hall–Kier alpha value is -5.41. The van der Waals surface area contributed by atoms with E-state index in [1.165, 1.54) is 44.9 Å². The first-order valence-corrected chi connectivity index (χ1v) is 36.3. The van der Waals surface area contributed by atoms with Crippen LogP contribution in [0.4, 0.5) is 0 Å². The summed E-state index contributed by atoms with van der Waals surface area (Å²) in [4.78, 5) is 35.9. The summed E-state index contributed by atoms with van der Waals surface area (Å²) in [6.07, 6.45) is 108. The lowest BCUT2D eigenvalue weighted by Crippen LogP contribution is -2.37. The highest BCUT2D eigenvalue weighted by atomic mass is 31.2. The highest BCUT2D eigenvalue weighted by Gasteiger charge is 2.27. The molecule has 9 nitrogen and oxygen atoms in total. The number of unbranched alkanes of at least 4 members (excludes halogenated alkanes) is 13. The SMILES string of the molecule is CC/C=C\C/C=C\C/C=C\C/C=C\C/C=C\C/C=C\C/C=C\C/C=C\C/C=C\C/C=C\CCCCC(=O)OC(COC(=O)CCCCCCCCCCCCC/C=C\C/C=C\C/C=C\C/C=C\C/C=C\C/C=C\C/C=C\CC)COP(=O)(O)OCC[N+](C)(C)C. The molecule has 0 aliphatic heterocycles. The topological polar surface area (TPSA) is 108 Å². The number of ether oxygens (including phenoxy) is 2. The summed E-state index contributed by atoms with van der Waals surface area (Å²) >= 11 is 0. The van der Waals surface area contributed by atoms with Crippen molar-refractivity contribution in [2.75, 3.05) is 47.5 Å². The van der Waals surface area contributed by atoms with Crippen LogP contribution in [0.15, 0.2) is 207 Å². The van der Waals surface area contributed by atoms with Crippen molar-refractivity contribution in [1.29, 1.82) is 0 Å². The number of phosphoric ester groups is 1. The lowest BCUT2D eigenvalue weighted by atomic mass is 10.0. The molecule has 0 saturated heterocycles. The van der Waals surface area contributed by atoms with Gasteiger partial charge in [0, 0.05) is 12.8 Å². The molecule has 0 aromatic carbocycles. The summed E-state index contributed by atoms with van der Waals surface area (Å²) < 4.78 is 34.6. The van der Waals surface area contributed by atoms with Gasteiger partial charge in [-0.05, 0) is 148 Å². The van der Waals surface area contributed by atoms with Crippen LogP contribution in [-0.4, -0.2) is 74.9 Å². The minimum absolute atomic E-state index is 0.0107. The number of likely N-dealkylation sites (N-methyl/N-ethyl adjacent to an activating group) is 1. The Labute approximate surface area is 551 Å². The first kappa shape index (κ1) is 84.6. The molecular formula is C80H127NO8P+. The van der Waals surface area contributed by atoms with E-state index < -0.39 is 32.5 Å². The number of rotatable bonds is 61. The van der Waals surface area contributed by atoms with Crippen LogP contribution in [0.5, 0.6) is 0 Å². The molecular weight excluding hydrogens is 1130 g/mol. The van der Waals surface area contributed by atoms with E-state index in [2.05, 4.69) is 220 Å². The van der Waals surface area contributed by atoms with Crippen LogP contribution in [0.2, 0.25) is 0 Å². The smallest absolute Gasteiger partial charge is 0.462 e. The van der Waals surface area contributed by atoms with Crippen LogP contribution in [0.3, 0.4) is 0 Å². The van der Waals surface area contributed by atoms with Crippen molar-refractivity contribution < 1.29 is 42.1 Å². The molecule has 0 bridgehead atoms. The minimum atomic E-state index is -4.42. The third-order valence-corrected chi connectivity index (χ3v) is 14.8. The third kappa shape index (κ3) is 71.7. The lowest BCUT2D eigenvalue weighted by Gasteiger charge is -2.24. The Morgan fingerprint density at radius 3 is 0.911 bits per heavy atom. The molecule has 0 heterocycles. The molecule has 0 aliphatic rings. The number of hydrogen-bond acceptors (Lipinski definition) is 7. The van der Waals surface area contributed by atoms with E-state index >= 15 is 0 Å². The highest BCUT2D eigenvalue weighted by molar-refractivity contribution is 7.47. The van der Waals surface area contributed by atoms with Crippen molar-refractivity contribution >= 4 is 19.8 Å². The van der Waals surface area contributed by atoms with Crippen LogP contribution >= 0.6 is 7.82 Å². The molecule has 504 valence electrons. The molecule has 1 N–H and O–H groups in total. The van der Waals surface area contributed by atoms with Crippen molar-refractivity contribution in [3.8, 4) is 0 Å². The molecule has 0 aromatic rings. The molecule has 0 saturated carbocycles. The van der Waals surface area contributed by atoms with Gasteiger partial charge in [0.05, 0.1) is 27.7 Å². The van der Waals surface area contributed by atoms with Crippen molar-refractivity contribution in [3.63, 3.8) is 0 Å². The van der Waals surface area contributed by atoms with Gasteiger partial charge in [-0.25, -0.2) is 4.57 Å². The Kier molecular flexibility index (Phi) is 63.9. The predicted molar refractivity (Wildman–Crippen MR) is 389 cm³/mol. The molecule has 0 spiro atoms. The van der Waals surface area contributed by atoms with Crippen LogP contribution in [-0.2, 0) is 32.7 Å². The Morgan fingerprint density at radius 1 is 0.344 bits per heavy atom. The van der Waals surface area contributed by atoms with Gasteiger partial charge in [0.25, 0.3) is 0 Å².